The second-order valence-corrected chi connectivity index (χ2v) is 4.52. The van der Waals surface area contributed by atoms with E-state index in [-0.39, 0.29) is 0 Å². The van der Waals surface area contributed by atoms with Crippen LogP contribution >= 0.6 is 27.5 Å². The highest BCUT2D eigenvalue weighted by Crippen LogP contribution is 2.30. The molecule has 0 aromatic heterocycles. The molecule has 1 rings (SSSR count). The molecule has 0 aliphatic rings. The first-order valence-electron chi connectivity index (χ1n) is 4.72. The van der Waals surface area contributed by atoms with Crippen LogP contribution in [0.15, 0.2) is 22.7 Å². The number of halogens is 2. The molecule has 1 atom stereocenters. The summed E-state index contributed by atoms with van der Waals surface area (Å²) in [5, 5.41) is 5.42. The van der Waals surface area contributed by atoms with Crippen molar-refractivity contribution >= 4 is 45.2 Å². The van der Waals surface area contributed by atoms with Crippen LogP contribution in [0, 0.1) is 0 Å². The van der Waals surface area contributed by atoms with Crippen LogP contribution in [0.5, 0.6) is 0 Å². The molecule has 0 aliphatic heterocycles. The Morgan fingerprint density at radius 2 is 2.12 bits per heavy atom. The Kier molecular flexibility index (Phi) is 4.77. The number of carbonyl (C=O) groups is 2. The molecule has 4 N–H and O–H groups in total. The van der Waals surface area contributed by atoms with Crippen LogP contribution in [0.25, 0.3) is 0 Å². The van der Waals surface area contributed by atoms with Crippen LogP contribution in [0.2, 0.25) is 5.02 Å². The second-order valence-electron chi connectivity index (χ2n) is 3.32. The number of rotatable bonds is 3. The molecule has 5 nitrogen and oxygen atoms in total. The molecule has 0 spiro atoms. The van der Waals surface area contributed by atoms with E-state index >= 15 is 0 Å². The SMILES string of the molecule is CC(Nc1cccc(Cl)c1Br)C(=O)NC(N)=O. The molecule has 17 heavy (non-hydrogen) atoms. The van der Waals surface area contributed by atoms with E-state index in [1.165, 1.54) is 0 Å². The van der Waals surface area contributed by atoms with Gasteiger partial charge in [0.1, 0.15) is 6.04 Å². The van der Waals surface area contributed by atoms with E-state index in [2.05, 4.69) is 21.2 Å². The lowest BCUT2D eigenvalue weighted by atomic mass is 10.2. The number of nitrogens with two attached hydrogens (primary N) is 1. The van der Waals surface area contributed by atoms with Gasteiger partial charge in [0, 0.05) is 0 Å². The maximum absolute atomic E-state index is 11.4. The third kappa shape index (κ3) is 3.90. The number of hydrogen-bond donors (Lipinski definition) is 3. The lowest BCUT2D eigenvalue weighted by Gasteiger charge is -2.15. The second kappa shape index (κ2) is 5.88. The molecule has 3 amide bonds. The normalized spacial score (nSPS) is 11.7. The highest BCUT2D eigenvalue weighted by molar-refractivity contribution is 9.10. The summed E-state index contributed by atoms with van der Waals surface area (Å²) < 4.78 is 0.653. The Bertz CT molecular complexity index is 453. The zero-order valence-electron chi connectivity index (χ0n) is 8.96. The number of amides is 3. The van der Waals surface area contributed by atoms with E-state index in [0.29, 0.717) is 15.2 Å². The first-order chi connectivity index (χ1) is 7.91. The first-order valence-corrected chi connectivity index (χ1v) is 5.89. The van der Waals surface area contributed by atoms with Gasteiger partial charge in [-0.1, -0.05) is 17.7 Å². The Balaban J connectivity index is 2.74. The van der Waals surface area contributed by atoms with Crippen LogP contribution in [0.1, 0.15) is 6.92 Å². The largest absolute Gasteiger partial charge is 0.373 e. The van der Waals surface area contributed by atoms with Crippen molar-refractivity contribution in [2.45, 2.75) is 13.0 Å². The number of primary amides is 1. The fraction of sp³-hybridized carbons (Fsp3) is 0.200. The monoisotopic (exact) mass is 319 g/mol. The summed E-state index contributed by atoms with van der Waals surface area (Å²) >= 11 is 9.19. The lowest BCUT2D eigenvalue weighted by molar-refractivity contribution is -0.120. The predicted molar refractivity (Wildman–Crippen MR) is 70.0 cm³/mol. The standard InChI is InChI=1S/C10H11BrClN3O2/c1-5(9(16)15-10(13)17)14-7-4-2-3-6(12)8(7)11/h2-5,14H,1H3,(H3,13,15,16,17). The molecule has 92 valence electrons. The predicted octanol–water partition coefficient (Wildman–Crippen LogP) is 2.10. The summed E-state index contributed by atoms with van der Waals surface area (Å²) in [6, 6.07) is 3.72. The number of anilines is 1. The molecule has 1 aromatic carbocycles. The number of urea groups is 1. The van der Waals surface area contributed by atoms with Crippen LogP contribution < -0.4 is 16.4 Å². The smallest absolute Gasteiger partial charge is 0.318 e. The van der Waals surface area contributed by atoms with Crippen LogP contribution in [0.4, 0.5) is 10.5 Å². The van der Waals surface area contributed by atoms with Crippen molar-refractivity contribution in [3.63, 3.8) is 0 Å². The van der Waals surface area contributed by atoms with Crippen LogP contribution in [-0.2, 0) is 4.79 Å². The van der Waals surface area contributed by atoms with E-state index < -0.39 is 18.0 Å². The van der Waals surface area contributed by atoms with Crippen molar-refractivity contribution in [1.29, 1.82) is 0 Å². The van der Waals surface area contributed by atoms with Crippen molar-refractivity contribution in [3.05, 3.63) is 27.7 Å². The van der Waals surface area contributed by atoms with E-state index in [0.717, 1.165) is 0 Å². The molecule has 0 aliphatic carbocycles. The molecule has 1 unspecified atom stereocenters. The van der Waals surface area contributed by atoms with E-state index in [4.69, 9.17) is 17.3 Å². The molecule has 0 heterocycles. The Labute approximate surface area is 112 Å². The molecule has 0 fully saturated rings. The van der Waals surface area contributed by atoms with Gasteiger partial charge in [0.15, 0.2) is 0 Å². The summed E-state index contributed by atoms with van der Waals surface area (Å²) in [5.74, 6) is -0.510. The fourth-order valence-electron chi connectivity index (χ4n) is 1.14. The third-order valence-corrected chi connectivity index (χ3v) is 3.36. The molecule has 0 saturated carbocycles. The third-order valence-electron chi connectivity index (χ3n) is 1.96. The van der Waals surface area contributed by atoms with Crippen LogP contribution in [0.3, 0.4) is 0 Å². The molecule has 0 saturated heterocycles. The van der Waals surface area contributed by atoms with Gasteiger partial charge in [-0.05, 0) is 35.0 Å². The molecule has 1 aromatic rings. The highest BCUT2D eigenvalue weighted by Gasteiger charge is 2.15. The zero-order chi connectivity index (χ0) is 13.0. The number of carbonyl (C=O) groups excluding carboxylic acids is 2. The molecular weight excluding hydrogens is 309 g/mol. The number of hydrogen-bond acceptors (Lipinski definition) is 3. The quantitative estimate of drug-likeness (QED) is 0.797. The van der Waals surface area contributed by atoms with Gasteiger partial charge in [0.2, 0.25) is 5.91 Å². The van der Waals surface area contributed by atoms with Crippen molar-refractivity contribution in [2.75, 3.05) is 5.32 Å². The average molecular weight is 321 g/mol. The summed E-state index contributed by atoms with van der Waals surface area (Å²) in [7, 11) is 0. The van der Waals surface area contributed by atoms with Gasteiger partial charge < -0.3 is 11.1 Å². The van der Waals surface area contributed by atoms with Gasteiger partial charge >= 0.3 is 6.03 Å². The lowest BCUT2D eigenvalue weighted by Crippen LogP contribution is -2.43. The first kappa shape index (κ1) is 13.8. The Morgan fingerprint density at radius 3 is 2.71 bits per heavy atom. The van der Waals surface area contributed by atoms with Gasteiger partial charge in [-0.15, -0.1) is 0 Å². The summed E-state index contributed by atoms with van der Waals surface area (Å²) in [4.78, 5) is 22.0. The minimum atomic E-state index is -0.881. The van der Waals surface area contributed by atoms with Gasteiger partial charge in [-0.3, -0.25) is 10.1 Å². The van der Waals surface area contributed by atoms with Gasteiger partial charge in [0.05, 0.1) is 15.2 Å². The molecule has 0 radical (unpaired) electrons. The van der Waals surface area contributed by atoms with E-state index in [1.54, 1.807) is 25.1 Å². The van der Waals surface area contributed by atoms with Gasteiger partial charge in [-0.2, -0.15) is 0 Å². The zero-order valence-corrected chi connectivity index (χ0v) is 11.3. The molecular formula is C10H11BrClN3O2. The van der Waals surface area contributed by atoms with Crippen LogP contribution in [-0.4, -0.2) is 18.0 Å². The maximum atomic E-state index is 11.4. The van der Waals surface area contributed by atoms with Gasteiger partial charge in [-0.25, -0.2) is 4.79 Å². The summed E-state index contributed by atoms with van der Waals surface area (Å²) in [6.45, 7) is 1.60. The minimum absolute atomic E-state index is 0.510. The fourth-order valence-corrected chi connectivity index (χ4v) is 1.70. The topological polar surface area (TPSA) is 84.2 Å². The van der Waals surface area contributed by atoms with Gasteiger partial charge in [0.25, 0.3) is 0 Å². The van der Waals surface area contributed by atoms with E-state index in [1.807, 2.05) is 5.32 Å². The van der Waals surface area contributed by atoms with Crippen molar-refractivity contribution < 1.29 is 9.59 Å². The Morgan fingerprint density at radius 1 is 1.47 bits per heavy atom. The van der Waals surface area contributed by atoms with Crippen molar-refractivity contribution in [3.8, 4) is 0 Å². The molecule has 0 bridgehead atoms. The van der Waals surface area contributed by atoms with E-state index in [9.17, 15) is 9.59 Å². The summed E-state index contributed by atoms with van der Waals surface area (Å²) in [5.41, 5.74) is 5.51. The number of benzene rings is 1. The summed E-state index contributed by atoms with van der Waals surface area (Å²) in [6.07, 6.45) is 0. The van der Waals surface area contributed by atoms with Crippen molar-refractivity contribution in [2.24, 2.45) is 5.73 Å². The Hall–Kier alpha value is -1.27. The number of nitrogens with one attached hydrogen (secondary N) is 2. The average Bonchev–Trinajstić information content (AvgIpc) is 2.23. The highest BCUT2D eigenvalue weighted by atomic mass is 79.9. The maximum Gasteiger partial charge on any atom is 0.318 e. The minimum Gasteiger partial charge on any atom is -0.373 e. The number of imide groups is 1. The molecule has 7 heteroatoms. The van der Waals surface area contributed by atoms with Crippen molar-refractivity contribution in [1.82, 2.24) is 5.32 Å².